The van der Waals surface area contributed by atoms with Crippen LogP contribution in [0, 0.1) is 0 Å². The number of ether oxygens (including phenoxy) is 3. The van der Waals surface area contributed by atoms with Gasteiger partial charge in [-0.15, -0.1) is 0 Å². The van der Waals surface area contributed by atoms with E-state index in [-0.39, 0.29) is 17.8 Å². The van der Waals surface area contributed by atoms with Gasteiger partial charge < -0.3 is 19.3 Å². The number of hydrogen-bond acceptors (Lipinski definition) is 6. The molecule has 0 aliphatic heterocycles. The fraction of sp³-hybridized carbons (Fsp3) is 0.333. The molecule has 1 aliphatic rings. The number of aliphatic hydroxyl groups excluding tert-OH is 1. The molecule has 174 valence electrons. The summed E-state index contributed by atoms with van der Waals surface area (Å²) in [6.07, 6.45) is 5.56. The molecule has 2 aromatic rings. The van der Waals surface area contributed by atoms with Gasteiger partial charge in [-0.25, -0.2) is 9.59 Å². The average Bonchev–Trinajstić information content (AvgIpc) is 2.84. The molecule has 33 heavy (non-hydrogen) atoms. The monoisotopic (exact) mass is 450 g/mol. The average molecular weight is 451 g/mol. The molecule has 0 bridgehead atoms. The van der Waals surface area contributed by atoms with Crippen molar-refractivity contribution in [2.75, 3.05) is 20.3 Å². The molecule has 1 N–H and O–H groups in total. The quantitative estimate of drug-likeness (QED) is 0.330. The van der Waals surface area contributed by atoms with E-state index in [1.165, 1.54) is 13.5 Å². The first-order chi connectivity index (χ1) is 15.9. The summed E-state index contributed by atoms with van der Waals surface area (Å²) >= 11 is 0. The van der Waals surface area contributed by atoms with Gasteiger partial charge in [0.25, 0.3) is 0 Å². The van der Waals surface area contributed by atoms with Gasteiger partial charge in [0, 0.05) is 7.11 Å². The number of hydrogen-bond donors (Lipinski definition) is 1. The van der Waals surface area contributed by atoms with Crippen molar-refractivity contribution >= 4 is 11.9 Å². The maximum atomic E-state index is 12.2. The van der Waals surface area contributed by atoms with Crippen LogP contribution in [0.5, 0.6) is 11.5 Å². The van der Waals surface area contributed by atoms with Crippen LogP contribution in [0.4, 0.5) is 0 Å². The first kappa shape index (κ1) is 24.4. The van der Waals surface area contributed by atoms with Gasteiger partial charge in [-0.2, -0.15) is 0 Å². The third-order valence-electron chi connectivity index (χ3n) is 5.74. The molecular formula is C27H30O6. The Morgan fingerprint density at radius 3 is 2.18 bits per heavy atom. The highest BCUT2D eigenvalue weighted by molar-refractivity contribution is 5.90. The molecule has 0 amide bonds. The van der Waals surface area contributed by atoms with Gasteiger partial charge in [0.15, 0.2) is 0 Å². The lowest BCUT2D eigenvalue weighted by molar-refractivity contribution is -0.131. The maximum Gasteiger partial charge on any atom is 0.341 e. The number of benzene rings is 2. The van der Waals surface area contributed by atoms with E-state index in [1.54, 1.807) is 18.2 Å². The van der Waals surface area contributed by atoms with Gasteiger partial charge in [0.1, 0.15) is 11.5 Å². The largest absolute Gasteiger partial charge is 0.423 e. The van der Waals surface area contributed by atoms with Crippen LogP contribution in [0.15, 0.2) is 66.8 Å². The van der Waals surface area contributed by atoms with Crippen molar-refractivity contribution in [2.45, 2.75) is 38.0 Å². The van der Waals surface area contributed by atoms with Crippen molar-refractivity contribution in [1.82, 2.24) is 0 Å². The summed E-state index contributed by atoms with van der Waals surface area (Å²) in [6.45, 7) is 6.88. The molecule has 6 heteroatoms. The molecule has 2 aromatic carbocycles. The van der Waals surface area contributed by atoms with E-state index in [9.17, 15) is 14.7 Å². The lowest BCUT2D eigenvalue weighted by Crippen LogP contribution is -2.15. The Hall–Kier alpha value is -3.22. The first-order valence-corrected chi connectivity index (χ1v) is 11.1. The van der Waals surface area contributed by atoms with E-state index in [4.69, 9.17) is 14.2 Å². The molecule has 1 aliphatic carbocycles. The van der Waals surface area contributed by atoms with Crippen molar-refractivity contribution < 1.29 is 28.9 Å². The van der Waals surface area contributed by atoms with Crippen molar-refractivity contribution in [3.05, 3.63) is 72.3 Å². The molecular weight excluding hydrogens is 420 g/mol. The molecule has 3 rings (SSSR count). The van der Waals surface area contributed by atoms with Crippen LogP contribution >= 0.6 is 0 Å². The Kier molecular flexibility index (Phi) is 8.58. The highest BCUT2D eigenvalue weighted by atomic mass is 16.5. The molecule has 0 heterocycles. The Morgan fingerprint density at radius 1 is 0.909 bits per heavy atom. The molecule has 0 spiro atoms. The Bertz CT molecular complexity index is 1020. The lowest BCUT2D eigenvalue weighted by Gasteiger charge is -2.24. The minimum absolute atomic E-state index is 0.0204. The first-order valence-electron chi connectivity index (χ1n) is 11.1. The Labute approximate surface area is 194 Å². The van der Waals surface area contributed by atoms with Gasteiger partial charge in [-0.3, -0.25) is 0 Å². The minimum Gasteiger partial charge on any atom is -0.423 e. The van der Waals surface area contributed by atoms with Crippen LogP contribution in [0.2, 0.25) is 0 Å². The zero-order valence-corrected chi connectivity index (χ0v) is 19.0. The fourth-order valence-electron chi connectivity index (χ4n) is 3.92. The standard InChI is InChI=1S/C27H30O6/c1-18(16-28)26(29)33-25-14-11-22(15-24(25)21-7-5-4-6-8-21)20-9-12-23(13-10-20)32-27(30)19(2)17-31-3/h9-15,21,28H,1-2,4-8,16-17H2,3H3. The molecule has 1 fully saturated rings. The predicted molar refractivity (Wildman–Crippen MR) is 126 cm³/mol. The summed E-state index contributed by atoms with van der Waals surface area (Å²) < 4.78 is 15.8. The summed E-state index contributed by atoms with van der Waals surface area (Å²) in [7, 11) is 1.49. The van der Waals surface area contributed by atoms with E-state index in [0.717, 1.165) is 42.4 Å². The van der Waals surface area contributed by atoms with Crippen molar-refractivity contribution in [3.8, 4) is 22.6 Å². The van der Waals surface area contributed by atoms with E-state index in [0.29, 0.717) is 17.4 Å². The third-order valence-corrected chi connectivity index (χ3v) is 5.74. The van der Waals surface area contributed by atoms with Gasteiger partial charge >= 0.3 is 11.9 Å². The highest BCUT2D eigenvalue weighted by Gasteiger charge is 2.22. The van der Waals surface area contributed by atoms with Crippen molar-refractivity contribution in [3.63, 3.8) is 0 Å². The predicted octanol–water partition coefficient (Wildman–Crippen LogP) is 4.96. The van der Waals surface area contributed by atoms with Gasteiger partial charge in [0.2, 0.25) is 0 Å². The summed E-state index contributed by atoms with van der Waals surface area (Å²) in [5.41, 5.74) is 3.16. The summed E-state index contributed by atoms with van der Waals surface area (Å²) in [5, 5.41) is 9.19. The minimum atomic E-state index is -0.622. The normalized spacial score (nSPS) is 13.9. The number of carbonyl (C=O) groups excluding carboxylic acids is 2. The molecule has 0 atom stereocenters. The van der Waals surface area contributed by atoms with Crippen LogP contribution in [0.1, 0.15) is 43.6 Å². The van der Waals surface area contributed by atoms with E-state index in [2.05, 4.69) is 19.2 Å². The third kappa shape index (κ3) is 6.40. The summed E-state index contributed by atoms with van der Waals surface area (Å²) in [5.74, 6) is 0.0771. The second kappa shape index (κ2) is 11.6. The van der Waals surface area contributed by atoms with Crippen molar-refractivity contribution in [1.29, 1.82) is 0 Å². The number of carbonyl (C=O) groups is 2. The smallest absolute Gasteiger partial charge is 0.341 e. The topological polar surface area (TPSA) is 82.1 Å². The van der Waals surface area contributed by atoms with E-state index < -0.39 is 18.5 Å². The van der Waals surface area contributed by atoms with E-state index in [1.807, 2.05) is 18.2 Å². The highest BCUT2D eigenvalue weighted by Crippen LogP contribution is 2.40. The number of esters is 2. The second-order valence-corrected chi connectivity index (χ2v) is 8.19. The van der Waals surface area contributed by atoms with Crippen molar-refractivity contribution in [2.24, 2.45) is 0 Å². The lowest BCUT2D eigenvalue weighted by atomic mass is 9.82. The maximum absolute atomic E-state index is 12.2. The van der Waals surface area contributed by atoms with Crippen LogP contribution in [-0.4, -0.2) is 37.4 Å². The van der Waals surface area contributed by atoms with Gasteiger partial charge in [0.05, 0.1) is 24.4 Å². The number of methoxy groups -OCH3 is 1. The molecule has 1 saturated carbocycles. The number of rotatable bonds is 9. The Balaban J connectivity index is 1.84. The SMILES string of the molecule is C=C(COC)C(=O)Oc1ccc(-c2ccc(OC(=O)C(=C)CO)c(C3CCCCC3)c2)cc1. The fourth-order valence-corrected chi connectivity index (χ4v) is 3.92. The molecule has 0 unspecified atom stereocenters. The van der Waals surface area contributed by atoms with Gasteiger partial charge in [-0.05, 0) is 59.7 Å². The zero-order valence-electron chi connectivity index (χ0n) is 19.0. The molecule has 0 aromatic heterocycles. The summed E-state index contributed by atoms with van der Waals surface area (Å²) in [6, 6.07) is 13.0. The molecule has 6 nitrogen and oxygen atoms in total. The number of aliphatic hydroxyl groups is 1. The van der Waals surface area contributed by atoms with E-state index >= 15 is 0 Å². The second-order valence-electron chi connectivity index (χ2n) is 8.19. The van der Waals surface area contributed by atoms with Crippen LogP contribution in [0.3, 0.4) is 0 Å². The molecule has 0 radical (unpaired) electrons. The molecule has 0 saturated heterocycles. The summed E-state index contributed by atoms with van der Waals surface area (Å²) in [4.78, 5) is 24.2. The van der Waals surface area contributed by atoms with Gasteiger partial charge in [-0.1, -0.05) is 50.6 Å². The Morgan fingerprint density at radius 2 is 1.55 bits per heavy atom. The van der Waals surface area contributed by atoms with Crippen LogP contribution in [-0.2, 0) is 14.3 Å². The zero-order chi connectivity index (χ0) is 23.8. The van der Waals surface area contributed by atoms with Crippen LogP contribution in [0.25, 0.3) is 11.1 Å². The van der Waals surface area contributed by atoms with Crippen LogP contribution < -0.4 is 9.47 Å².